The predicted octanol–water partition coefficient (Wildman–Crippen LogP) is 2.19. The number of pyridine rings is 1. The summed E-state index contributed by atoms with van der Waals surface area (Å²) in [6.45, 7) is 11.3. The molecule has 106 valence electrons. The van der Waals surface area contributed by atoms with Crippen molar-refractivity contribution in [2.24, 2.45) is 0 Å². The third-order valence-corrected chi connectivity index (χ3v) is 3.35. The number of rotatable bonds is 4. The predicted molar refractivity (Wildman–Crippen MR) is 78.4 cm³/mol. The van der Waals surface area contributed by atoms with Gasteiger partial charge in [0.2, 0.25) is 0 Å². The van der Waals surface area contributed by atoms with Gasteiger partial charge in [-0.1, -0.05) is 13.8 Å². The molecule has 0 aliphatic carbocycles. The van der Waals surface area contributed by atoms with E-state index in [0.717, 1.165) is 19.6 Å². The largest absolute Gasteiger partial charge is 0.372 e. The topological polar surface area (TPSA) is 37.4 Å². The lowest BCUT2D eigenvalue weighted by molar-refractivity contribution is -0.00528. The first-order valence-electron chi connectivity index (χ1n) is 7.13. The van der Waals surface area contributed by atoms with Crippen LogP contribution in [-0.2, 0) is 11.3 Å². The van der Waals surface area contributed by atoms with Gasteiger partial charge in [-0.2, -0.15) is 0 Å². The Morgan fingerprint density at radius 2 is 2.05 bits per heavy atom. The summed E-state index contributed by atoms with van der Waals surface area (Å²) >= 11 is 0. The summed E-state index contributed by atoms with van der Waals surface area (Å²) in [5.74, 6) is 0. The zero-order chi connectivity index (χ0) is 13.8. The van der Waals surface area contributed by atoms with Gasteiger partial charge in [0, 0.05) is 31.9 Å². The van der Waals surface area contributed by atoms with Crippen molar-refractivity contribution in [3.8, 4) is 0 Å². The van der Waals surface area contributed by atoms with Crippen LogP contribution in [-0.4, -0.2) is 36.3 Å². The van der Waals surface area contributed by atoms with Gasteiger partial charge in [0.05, 0.1) is 24.1 Å². The minimum Gasteiger partial charge on any atom is -0.372 e. The molecule has 0 aromatic carbocycles. The molecular formula is C15H25N3O. The summed E-state index contributed by atoms with van der Waals surface area (Å²) in [5, 5.41) is 3.48. The third-order valence-electron chi connectivity index (χ3n) is 3.35. The Kier molecular flexibility index (Phi) is 4.77. The van der Waals surface area contributed by atoms with Crippen molar-refractivity contribution >= 4 is 5.69 Å². The number of nitrogens with one attached hydrogen (secondary N) is 1. The van der Waals surface area contributed by atoms with E-state index in [0.29, 0.717) is 6.04 Å². The molecule has 19 heavy (non-hydrogen) atoms. The van der Waals surface area contributed by atoms with E-state index < -0.39 is 0 Å². The van der Waals surface area contributed by atoms with Gasteiger partial charge in [0.15, 0.2) is 0 Å². The number of hydrogen-bond donors (Lipinski definition) is 1. The molecule has 0 unspecified atom stereocenters. The van der Waals surface area contributed by atoms with Crippen molar-refractivity contribution in [1.82, 2.24) is 10.3 Å². The van der Waals surface area contributed by atoms with E-state index in [1.807, 2.05) is 12.4 Å². The van der Waals surface area contributed by atoms with E-state index >= 15 is 0 Å². The molecule has 0 amide bonds. The molecule has 4 nitrogen and oxygen atoms in total. The van der Waals surface area contributed by atoms with Crippen LogP contribution in [0.2, 0.25) is 0 Å². The Hall–Kier alpha value is -1.13. The lowest BCUT2D eigenvalue weighted by Gasteiger charge is -2.37. The Balaban J connectivity index is 2.14. The SMILES string of the molecule is CC(C)NCc1ccncc1N1C[C@@H](C)O[C@@H](C)C1. The maximum atomic E-state index is 5.80. The zero-order valence-corrected chi connectivity index (χ0v) is 12.4. The highest BCUT2D eigenvalue weighted by Crippen LogP contribution is 2.23. The number of ether oxygens (including phenoxy) is 1. The van der Waals surface area contributed by atoms with Crippen molar-refractivity contribution < 1.29 is 4.74 Å². The van der Waals surface area contributed by atoms with Crippen molar-refractivity contribution in [3.05, 3.63) is 24.0 Å². The van der Waals surface area contributed by atoms with Crippen LogP contribution in [0.15, 0.2) is 18.5 Å². The van der Waals surface area contributed by atoms with Gasteiger partial charge in [-0.05, 0) is 25.5 Å². The first kappa shape index (κ1) is 14.3. The standard InChI is InChI=1S/C15H25N3O/c1-11(2)17-7-14-5-6-16-8-15(14)18-9-12(3)19-13(4)10-18/h5-6,8,11-13,17H,7,9-10H2,1-4H3/t12-,13+. The van der Waals surface area contributed by atoms with Gasteiger partial charge in [0.1, 0.15) is 0 Å². The number of nitrogens with zero attached hydrogens (tertiary/aromatic N) is 2. The molecule has 4 heteroatoms. The monoisotopic (exact) mass is 263 g/mol. The van der Waals surface area contributed by atoms with Crippen molar-refractivity contribution in [2.75, 3.05) is 18.0 Å². The van der Waals surface area contributed by atoms with Gasteiger partial charge in [-0.15, -0.1) is 0 Å². The maximum absolute atomic E-state index is 5.80. The molecule has 1 N–H and O–H groups in total. The van der Waals surface area contributed by atoms with E-state index in [1.165, 1.54) is 11.3 Å². The highest BCUT2D eigenvalue weighted by atomic mass is 16.5. The van der Waals surface area contributed by atoms with Crippen molar-refractivity contribution in [3.63, 3.8) is 0 Å². The zero-order valence-electron chi connectivity index (χ0n) is 12.4. The summed E-state index contributed by atoms with van der Waals surface area (Å²) in [6, 6.07) is 2.60. The third kappa shape index (κ3) is 3.91. The molecule has 1 saturated heterocycles. The molecule has 0 spiro atoms. The van der Waals surface area contributed by atoms with Crippen LogP contribution in [0.1, 0.15) is 33.3 Å². The van der Waals surface area contributed by atoms with Crippen molar-refractivity contribution in [1.29, 1.82) is 0 Å². The number of aromatic nitrogens is 1. The van der Waals surface area contributed by atoms with Gasteiger partial charge in [-0.25, -0.2) is 0 Å². The fourth-order valence-electron chi connectivity index (χ4n) is 2.54. The van der Waals surface area contributed by atoms with Gasteiger partial charge in [0.25, 0.3) is 0 Å². The highest BCUT2D eigenvalue weighted by molar-refractivity contribution is 5.52. The van der Waals surface area contributed by atoms with Crippen LogP contribution in [0.4, 0.5) is 5.69 Å². The first-order valence-corrected chi connectivity index (χ1v) is 7.13. The Morgan fingerprint density at radius 3 is 2.68 bits per heavy atom. The highest BCUT2D eigenvalue weighted by Gasteiger charge is 2.23. The molecule has 2 heterocycles. The van der Waals surface area contributed by atoms with E-state index in [2.05, 4.69) is 49.0 Å². The summed E-state index contributed by atoms with van der Waals surface area (Å²) < 4.78 is 5.80. The van der Waals surface area contributed by atoms with Crippen LogP contribution in [0.3, 0.4) is 0 Å². The summed E-state index contributed by atoms with van der Waals surface area (Å²) in [4.78, 5) is 6.68. The molecule has 0 radical (unpaired) electrons. The second-order valence-corrected chi connectivity index (χ2v) is 5.70. The normalized spacial score (nSPS) is 23.9. The van der Waals surface area contributed by atoms with Gasteiger partial charge < -0.3 is 15.0 Å². The fourth-order valence-corrected chi connectivity index (χ4v) is 2.54. The molecule has 2 rings (SSSR count). The molecule has 1 fully saturated rings. The first-order chi connectivity index (χ1) is 9.06. The average Bonchev–Trinajstić information content (AvgIpc) is 2.35. The molecule has 1 aliphatic rings. The lowest BCUT2D eigenvalue weighted by atomic mass is 10.1. The van der Waals surface area contributed by atoms with E-state index in [9.17, 15) is 0 Å². The van der Waals surface area contributed by atoms with E-state index in [-0.39, 0.29) is 12.2 Å². The second kappa shape index (κ2) is 6.35. The van der Waals surface area contributed by atoms with Crippen LogP contribution in [0.25, 0.3) is 0 Å². The quantitative estimate of drug-likeness (QED) is 0.903. The molecule has 1 aromatic heterocycles. The molecule has 2 atom stereocenters. The number of hydrogen-bond acceptors (Lipinski definition) is 4. The Bertz CT molecular complexity index is 398. The van der Waals surface area contributed by atoms with E-state index in [4.69, 9.17) is 4.74 Å². The van der Waals surface area contributed by atoms with Gasteiger partial charge >= 0.3 is 0 Å². The molecular weight excluding hydrogens is 238 g/mol. The maximum Gasteiger partial charge on any atom is 0.0726 e. The minimum absolute atomic E-state index is 0.273. The number of morpholine rings is 1. The summed E-state index contributed by atoms with van der Waals surface area (Å²) in [7, 11) is 0. The smallest absolute Gasteiger partial charge is 0.0726 e. The molecule has 1 aliphatic heterocycles. The van der Waals surface area contributed by atoms with Gasteiger partial charge in [-0.3, -0.25) is 4.98 Å². The van der Waals surface area contributed by atoms with Crippen LogP contribution in [0.5, 0.6) is 0 Å². The van der Waals surface area contributed by atoms with Crippen molar-refractivity contribution in [2.45, 2.75) is 52.5 Å². The van der Waals surface area contributed by atoms with Crippen LogP contribution < -0.4 is 10.2 Å². The lowest BCUT2D eigenvalue weighted by Crippen LogP contribution is -2.46. The average molecular weight is 263 g/mol. The number of anilines is 1. The molecule has 0 saturated carbocycles. The van der Waals surface area contributed by atoms with Crippen LogP contribution >= 0.6 is 0 Å². The van der Waals surface area contributed by atoms with E-state index in [1.54, 1.807) is 0 Å². The Morgan fingerprint density at radius 1 is 1.37 bits per heavy atom. The minimum atomic E-state index is 0.273. The second-order valence-electron chi connectivity index (χ2n) is 5.70. The fraction of sp³-hybridized carbons (Fsp3) is 0.667. The van der Waals surface area contributed by atoms with Crippen LogP contribution in [0, 0.1) is 0 Å². The molecule has 0 bridgehead atoms. The summed E-state index contributed by atoms with van der Waals surface area (Å²) in [5.41, 5.74) is 2.54. The Labute approximate surface area is 116 Å². The summed E-state index contributed by atoms with van der Waals surface area (Å²) in [6.07, 6.45) is 4.39. The molecule has 1 aromatic rings.